The number of nitrogen functional groups attached to an aromatic ring is 1. The summed E-state index contributed by atoms with van der Waals surface area (Å²) in [7, 11) is 1.50. The number of anilines is 2. The highest BCUT2D eigenvalue weighted by Crippen LogP contribution is 2.31. The highest BCUT2D eigenvalue weighted by molar-refractivity contribution is 6.34. The quantitative estimate of drug-likeness (QED) is 0.834. The lowest BCUT2D eigenvalue weighted by Gasteiger charge is -2.13. The van der Waals surface area contributed by atoms with E-state index in [1.165, 1.54) is 13.2 Å². The van der Waals surface area contributed by atoms with Crippen LogP contribution >= 0.6 is 23.2 Å². The minimum atomic E-state index is -0.368. The number of methoxy groups -OCH3 is 1. The van der Waals surface area contributed by atoms with E-state index in [4.69, 9.17) is 33.7 Å². The van der Waals surface area contributed by atoms with Gasteiger partial charge in [0, 0.05) is 16.8 Å². The van der Waals surface area contributed by atoms with Crippen molar-refractivity contribution in [2.75, 3.05) is 18.2 Å². The average Bonchev–Trinajstić information content (AvgIpc) is 2.45. The molecule has 0 unspecified atom stereocenters. The molecule has 4 nitrogen and oxygen atoms in total. The van der Waals surface area contributed by atoms with E-state index in [0.29, 0.717) is 32.7 Å². The first-order valence-corrected chi connectivity index (χ1v) is 6.88. The predicted molar refractivity (Wildman–Crippen MR) is 86.6 cm³/mol. The zero-order valence-corrected chi connectivity index (χ0v) is 13.0. The Morgan fingerprint density at radius 2 is 1.90 bits per heavy atom. The van der Waals surface area contributed by atoms with Crippen LogP contribution in [-0.4, -0.2) is 13.0 Å². The number of carbonyl (C=O) groups is 1. The van der Waals surface area contributed by atoms with Gasteiger partial charge < -0.3 is 15.8 Å². The SMILES string of the molecule is COc1cc(Cl)c(C)cc1NC(=O)c1cc(N)ccc1Cl. The van der Waals surface area contributed by atoms with Gasteiger partial charge in [0.1, 0.15) is 5.75 Å². The summed E-state index contributed by atoms with van der Waals surface area (Å²) in [6.45, 7) is 1.84. The van der Waals surface area contributed by atoms with Crippen molar-refractivity contribution < 1.29 is 9.53 Å². The van der Waals surface area contributed by atoms with Gasteiger partial charge in [-0.2, -0.15) is 0 Å². The van der Waals surface area contributed by atoms with Gasteiger partial charge >= 0.3 is 0 Å². The number of halogens is 2. The molecule has 0 saturated heterocycles. The van der Waals surface area contributed by atoms with E-state index in [2.05, 4.69) is 5.32 Å². The molecule has 2 aromatic carbocycles. The summed E-state index contributed by atoms with van der Waals surface area (Å²) in [6, 6.07) is 8.11. The van der Waals surface area contributed by atoms with Crippen molar-refractivity contribution in [3.8, 4) is 5.75 Å². The van der Waals surface area contributed by atoms with E-state index in [9.17, 15) is 4.79 Å². The number of aryl methyl sites for hydroxylation is 1. The maximum absolute atomic E-state index is 12.3. The van der Waals surface area contributed by atoms with Crippen LogP contribution < -0.4 is 15.8 Å². The summed E-state index contributed by atoms with van der Waals surface area (Å²) in [4.78, 5) is 12.3. The van der Waals surface area contributed by atoms with Crippen molar-refractivity contribution in [1.29, 1.82) is 0 Å². The summed E-state index contributed by atoms with van der Waals surface area (Å²) < 4.78 is 5.22. The molecule has 21 heavy (non-hydrogen) atoms. The fourth-order valence-electron chi connectivity index (χ4n) is 1.84. The van der Waals surface area contributed by atoms with Crippen molar-refractivity contribution >= 4 is 40.5 Å². The fourth-order valence-corrected chi connectivity index (χ4v) is 2.19. The van der Waals surface area contributed by atoms with E-state index in [1.807, 2.05) is 6.92 Å². The van der Waals surface area contributed by atoms with Crippen molar-refractivity contribution in [2.24, 2.45) is 0 Å². The van der Waals surface area contributed by atoms with Crippen LogP contribution in [0, 0.1) is 6.92 Å². The van der Waals surface area contributed by atoms with Crippen LogP contribution in [0.1, 0.15) is 15.9 Å². The van der Waals surface area contributed by atoms with Gasteiger partial charge in [0.05, 0.1) is 23.4 Å². The third-order valence-corrected chi connectivity index (χ3v) is 3.70. The molecule has 110 valence electrons. The summed E-state index contributed by atoms with van der Waals surface area (Å²) in [6.07, 6.45) is 0. The Morgan fingerprint density at radius 3 is 2.57 bits per heavy atom. The Hall–Kier alpha value is -1.91. The number of hydrogen-bond donors (Lipinski definition) is 2. The molecule has 2 rings (SSSR count). The molecule has 0 atom stereocenters. The molecule has 0 bridgehead atoms. The van der Waals surface area contributed by atoms with Gasteiger partial charge in [0.15, 0.2) is 0 Å². The molecule has 0 spiro atoms. The monoisotopic (exact) mass is 324 g/mol. The Morgan fingerprint density at radius 1 is 1.19 bits per heavy atom. The number of ether oxygens (including phenoxy) is 1. The molecule has 0 aliphatic heterocycles. The van der Waals surface area contributed by atoms with Crippen LogP contribution in [0.2, 0.25) is 10.0 Å². The molecule has 1 amide bonds. The van der Waals surface area contributed by atoms with Crippen LogP contribution in [0.25, 0.3) is 0 Å². The first-order valence-electron chi connectivity index (χ1n) is 6.13. The summed E-state index contributed by atoms with van der Waals surface area (Å²) >= 11 is 12.1. The summed E-state index contributed by atoms with van der Waals surface area (Å²) in [5, 5.41) is 3.64. The fraction of sp³-hybridized carbons (Fsp3) is 0.133. The molecular weight excluding hydrogens is 311 g/mol. The van der Waals surface area contributed by atoms with Crippen molar-refractivity contribution in [3.63, 3.8) is 0 Å². The molecule has 0 heterocycles. The van der Waals surface area contributed by atoms with Crippen molar-refractivity contribution in [2.45, 2.75) is 6.92 Å². The van der Waals surface area contributed by atoms with Crippen molar-refractivity contribution in [1.82, 2.24) is 0 Å². The number of benzene rings is 2. The molecule has 0 saturated carbocycles. The minimum absolute atomic E-state index is 0.298. The van der Waals surface area contributed by atoms with Crippen LogP contribution in [0.3, 0.4) is 0 Å². The number of nitrogens with two attached hydrogens (primary N) is 1. The zero-order chi connectivity index (χ0) is 15.6. The summed E-state index contributed by atoms with van der Waals surface area (Å²) in [5.41, 5.74) is 7.78. The lowest BCUT2D eigenvalue weighted by Crippen LogP contribution is -2.13. The van der Waals surface area contributed by atoms with E-state index >= 15 is 0 Å². The Labute approximate surface area is 132 Å². The van der Waals surface area contributed by atoms with Crippen LogP contribution in [0.4, 0.5) is 11.4 Å². The molecular formula is C15H14Cl2N2O2. The maximum Gasteiger partial charge on any atom is 0.257 e. The van der Waals surface area contributed by atoms with Gasteiger partial charge in [-0.05, 0) is 36.8 Å². The predicted octanol–water partition coefficient (Wildman–Crippen LogP) is 4.14. The Bertz CT molecular complexity index is 702. The molecule has 0 aliphatic carbocycles. The smallest absolute Gasteiger partial charge is 0.257 e. The van der Waals surface area contributed by atoms with Gasteiger partial charge in [-0.1, -0.05) is 23.2 Å². The standard InChI is InChI=1S/C15H14Cl2N2O2/c1-8-5-13(14(21-2)7-12(8)17)19-15(20)10-6-9(18)3-4-11(10)16/h3-7H,18H2,1-2H3,(H,19,20). The normalized spacial score (nSPS) is 10.3. The number of hydrogen-bond acceptors (Lipinski definition) is 3. The Balaban J connectivity index is 2.35. The number of nitrogens with one attached hydrogen (secondary N) is 1. The molecule has 2 aromatic rings. The van der Waals surface area contributed by atoms with E-state index < -0.39 is 0 Å². The maximum atomic E-state index is 12.3. The highest BCUT2D eigenvalue weighted by atomic mass is 35.5. The zero-order valence-electron chi connectivity index (χ0n) is 11.5. The number of amides is 1. The third kappa shape index (κ3) is 3.40. The minimum Gasteiger partial charge on any atom is -0.495 e. The molecule has 0 radical (unpaired) electrons. The van der Waals surface area contributed by atoms with Gasteiger partial charge in [-0.15, -0.1) is 0 Å². The average molecular weight is 325 g/mol. The summed E-state index contributed by atoms with van der Waals surface area (Å²) in [5.74, 6) is 0.103. The van der Waals surface area contributed by atoms with E-state index in [0.717, 1.165) is 5.56 Å². The lowest BCUT2D eigenvalue weighted by molar-refractivity contribution is 0.102. The van der Waals surface area contributed by atoms with Crippen LogP contribution in [0.5, 0.6) is 5.75 Å². The molecule has 6 heteroatoms. The second-order valence-electron chi connectivity index (χ2n) is 4.50. The van der Waals surface area contributed by atoms with Gasteiger partial charge in [-0.3, -0.25) is 4.79 Å². The van der Waals surface area contributed by atoms with E-state index in [1.54, 1.807) is 24.3 Å². The van der Waals surface area contributed by atoms with Gasteiger partial charge in [0.2, 0.25) is 0 Å². The molecule has 0 aliphatic rings. The molecule has 0 fully saturated rings. The van der Waals surface area contributed by atoms with Crippen LogP contribution in [-0.2, 0) is 0 Å². The molecule has 3 N–H and O–H groups in total. The second kappa shape index (κ2) is 6.24. The lowest BCUT2D eigenvalue weighted by atomic mass is 10.1. The number of rotatable bonds is 3. The second-order valence-corrected chi connectivity index (χ2v) is 5.31. The van der Waals surface area contributed by atoms with Gasteiger partial charge in [-0.25, -0.2) is 0 Å². The molecule has 0 aromatic heterocycles. The largest absolute Gasteiger partial charge is 0.495 e. The first-order chi connectivity index (χ1) is 9.92. The van der Waals surface area contributed by atoms with Crippen molar-refractivity contribution in [3.05, 3.63) is 51.5 Å². The topological polar surface area (TPSA) is 64.3 Å². The van der Waals surface area contributed by atoms with Gasteiger partial charge in [0.25, 0.3) is 5.91 Å². The number of carbonyl (C=O) groups excluding carboxylic acids is 1. The van der Waals surface area contributed by atoms with Crippen LogP contribution in [0.15, 0.2) is 30.3 Å². The highest BCUT2D eigenvalue weighted by Gasteiger charge is 2.14. The third-order valence-electron chi connectivity index (χ3n) is 2.96. The van der Waals surface area contributed by atoms with E-state index in [-0.39, 0.29) is 5.91 Å². The first kappa shape index (κ1) is 15.5. The Kier molecular flexibility index (Phi) is 4.60.